The van der Waals surface area contributed by atoms with Crippen molar-refractivity contribution in [3.05, 3.63) is 39.8 Å². The van der Waals surface area contributed by atoms with Gasteiger partial charge in [-0.2, -0.15) is 0 Å². The Labute approximate surface area is 98.9 Å². The Morgan fingerprint density at radius 2 is 2.19 bits per heavy atom. The fourth-order valence-corrected chi connectivity index (χ4v) is 2.02. The van der Waals surface area contributed by atoms with Crippen molar-refractivity contribution in [1.82, 2.24) is 4.98 Å². The van der Waals surface area contributed by atoms with Crippen molar-refractivity contribution in [3.63, 3.8) is 0 Å². The zero-order valence-corrected chi connectivity index (χ0v) is 10.2. The molecule has 1 heterocycles. The van der Waals surface area contributed by atoms with Gasteiger partial charge in [0.15, 0.2) is 0 Å². The zero-order chi connectivity index (χ0) is 11.5. The molecule has 2 N–H and O–H groups in total. The number of benzene rings is 1. The molecular formula is C12H14N2OS. The van der Waals surface area contributed by atoms with E-state index in [2.05, 4.69) is 4.98 Å². The van der Waals surface area contributed by atoms with Crippen molar-refractivity contribution >= 4 is 17.0 Å². The number of nitrogens with two attached hydrogens (primary N) is 1. The van der Waals surface area contributed by atoms with Crippen molar-refractivity contribution in [2.45, 2.75) is 20.5 Å². The van der Waals surface area contributed by atoms with Crippen LogP contribution < -0.4 is 10.5 Å². The van der Waals surface area contributed by atoms with Crippen molar-refractivity contribution in [2.24, 2.45) is 0 Å². The van der Waals surface area contributed by atoms with Gasteiger partial charge in [0.2, 0.25) is 0 Å². The molecule has 84 valence electrons. The predicted molar refractivity (Wildman–Crippen MR) is 66.8 cm³/mol. The molecule has 16 heavy (non-hydrogen) atoms. The summed E-state index contributed by atoms with van der Waals surface area (Å²) in [6.07, 6.45) is 0. The molecule has 2 rings (SSSR count). The molecule has 0 saturated heterocycles. The first-order valence-electron chi connectivity index (χ1n) is 5.05. The maximum atomic E-state index is 5.85. The number of aromatic nitrogens is 1. The largest absolute Gasteiger partial charge is 0.485 e. The second-order valence-corrected chi connectivity index (χ2v) is 4.75. The monoisotopic (exact) mass is 234 g/mol. The van der Waals surface area contributed by atoms with Gasteiger partial charge >= 0.3 is 0 Å². The van der Waals surface area contributed by atoms with Crippen LogP contribution in [-0.4, -0.2) is 4.98 Å². The van der Waals surface area contributed by atoms with Gasteiger partial charge in [0.1, 0.15) is 12.4 Å². The standard InChI is InChI=1S/C12H14N2OS/c1-8-3-4-12(11(13)5-8)15-6-10-7-16-9(2)14-10/h3-5,7H,6,13H2,1-2H3. The molecule has 0 bridgehead atoms. The lowest BCUT2D eigenvalue weighted by Crippen LogP contribution is -1.99. The van der Waals surface area contributed by atoms with Gasteiger partial charge in [-0.25, -0.2) is 4.98 Å². The van der Waals surface area contributed by atoms with E-state index in [1.54, 1.807) is 11.3 Å². The topological polar surface area (TPSA) is 48.1 Å². The number of hydrogen-bond donors (Lipinski definition) is 1. The number of nitrogens with zero attached hydrogens (tertiary/aromatic N) is 1. The molecule has 0 fully saturated rings. The summed E-state index contributed by atoms with van der Waals surface area (Å²) in [5, 5.41) is 3.05. The van der Waals surface area contributed by atoms with Crippen LogP contribution in [0.3, 0.4) is 0 Å². The first kappa shape index (κ1) is 11.0. The van der Waals surface area contributed by atoms with Crippen LogP contribution in [0.4, 0.5) is 5.69 Å². The third kappa shape index (κ3) is 2.52. The molecule has 0 unspecified atom stereocenters. The predicted octanol–water partition coefficient (Wildman–Crippen LogP) is 2.92. The van der Waals surface area contributed by atoms with Crippen molar-refractivity contribution in [2.75, 3.05) is 5.73 Å². The normalized spacial score (nSPS) is 10.4. The molecular weight excluding hydrogens is 220 g/mol. The Hall–Kier alpha value is -1.55. The average molecular weight is 234 g/mol. The second-order valence-electron chi connectivity index (χ2n) is 3.69. The minimum atomic E-state index is 0.470. The van der Waals surface area contributed by atoms with E-state index >= 15 is 0 Å². The van der Waals surface area contributed by atoms with Gasteiger partial charge in [0.25, 0.3) is 0 Å². The summed E-state index contributed by atoms with van der Waals surface area (Å²) in [7, 11) is 0. The Kier molecular flexibility index (Phi) is 3.10. The highest BCUT2D eigenvalue weighted by Gasteiger charge is 2.03. The molecule has 0 spiro atoms. The number of rotatable bonds is 3. The molecule has 2 aromatic rings. The molecule has 0 aliphatic heterocycles. The van der Waals surface area contributed by atoms with Crippen LogP contribution in [0.1, 0.15) is 16.3 Å². The summed E-state index contributed by atoms with van der Waals surface area (Å²) in [5.74, 6) is 0.719. The minimum absolute atomic E-state index is 0.470. The highest BCUT2D eigenvalue weighted by Crippen LogP contribution is 2.23. The van der Waals surface area contributed by atoms with E-state index < -0.39 is 0 Å². The lowest BCUT2D eigenvalue weighted by molar-refractivity contribution is 0.303. The molecule has 3 nitrogen and oxygen atoms in total. The van der Waals surface area contributed by atoms with Gasteiger partial charge in [-0.05, 0) is 31.5 Å². The number of anilines is 1. The summed E-state index contributed by atoms with van der Waals surface area (Å²) < 4.78 is 5.61. The van der Waals surface area contributed by atoms with Crippen LogP contribution in [0.5, 0.6) is 5.75 Å². The second kappa shape index (κ2) is 4.53. The van der Waals surface area contributed by atoms with Gasteiger partial charge < -0.3 is 10.5 Å². The van der Waals surface area contributed by atoms with E-state index in [-0.39, 0.29) is 0 Å². The maximum Gasteiger partial charge on any atom is 0.142 e. The van der Waals surface area contributed by atoms with Crippen molar-refractivity contribution in [3.8, 4) is 5.75 Å². The molecule has 0 amide bonds. The van der Waals surface area contributed by atoms with Crippen LogP contribution in [0.25, 0.3) is 0 Å². The maximum absolute atomic E-state index is 5.85. The number of thiazole rings is 1. The van der Waals surface area contributed by atoms with Crippen LogP contribution in [0.15, 0.2) is 23.6 Å². The molecule has 1 aromatic carbocycles. The van der Waals surface area contributed by atoms with E-state index in [0.717, 1.165) is 22.0 Å². The van der Waals surface area contributed by atoms with E-state index in [9.17, 15) is 0 Å². The van der Waals surface area contributed by atoms with Gasteiger partial charge in [-0.1, -0.05) is 6.07 Å². The number of ether oxygens (including phenoxy) is 1. The summed E-state index contributed by atoms with van der Waals surface area (Å²) in [6, 6.07) is 5.78. The van der Waals surface area contributed by atoms with Crippen molar-refractivity contribution in [1.29, 1.82) is 0 Å². The van der Waals surface area contributed by atoms with E-state index in [1.165, 1.54) is 0 Å². The summed E-state index contributed by atoms with van der Waals surface area (Å²) in [6.45, 7) is 4.45. The van der Waals surface area contributed by atoms with E-state index in [4.69, 9.17) is 10.5 Å². The smallest absolute Gasteiger partial charge is 0.142 e. The molecule has 0 saturated carbocycles. The minimum Gasteiger partial charge on any atom is -0.485 e. The lowest BCUT2D eigenvalue weighted by atomic mass is 10.2. The average Bonchev–Trinajstić information content (AvgIpc) is 2.63. The molecule has 0 atom stereocenters. The van der Waals surface area contributed by atoms with Gasteiger partial charge in [0, 0.05) is 5.38 Å². The number of hydrogen-bond acceptors (Lipinski definition) is 4. The third-order valence-electron chi connectivity index (χ3n) is 2.21. The van der Waals surface area contributed by atoms with E-state index in [0.29, 0.717) is 12.3 Å². The molecule has 0 aliphatic carbocycles. The van der Waals surface area contributed by atoms with Crippen molar-refractivity contribution < 1.29 is 4.74 Å². The van der Waals surface area contributed by atoms with E-state index in [1.807, 2.05) is 37.4 Å². The molecule has 4 heteroatoms. The fourth-order valence-electron chi connectivity index (χ4n) is 1.43. The van der Waals surface area contributed by atoms with Crippen LogP contribution in [-0.2, 0) is 6.61 Å². The number of nitrogen functional groups attached to an aromatic ring is 1. The summed E-state index contributed by atoms with van der Waals surface area (Å²) in [4.78, 5) is 4.33. The Bertz CT molecular complexity index is 494. The van der Waals surface area contributed by atoms with Crippen LogP contribution in [0.2, 0.25) is 0 Å². The Morgan fingerprint density at radius 1 is 1.38 bits per heavy atom. The number of aryl methyl sites for hydroxylation is 2. The third-order valence-corrected chi connectivity index (χ3v) is 3.03. The van der Waals surface area contributed by atoms with Gasteiger partial charge in [0.05, 0.1) is 16.4 Å². The molecule has 0 aliphatic rings. The van der Waals surface area contributed by atoms with Crippen LogP contribution >= 0.6 is 11.3 Å². The quantitative estimate of drug-likeness (QED) is 0.831. The zero-order valence-electron chi connectivity index (χ0n) is 9.36. The van der Waals surface area contributed by atoms with Gasteiger partial charge in [-0.15, -0.1) is 11.3 Å². The molecule has 1 aromatic heterocycles. The van der Waals surface area contributed by atoms with Crippen LogP contribution in [0, 0.1) is 13.8 Å². The van der Waals surface area contributed by atoms with Gasteiger partial charge in [-0.3, -0.25) is 0 Å². The SMILES string of the molecule is Cc1ccc(OCc2csc(C)n2)c(N)c1. The Morgan fingerprint density at radius 3 is 2.81 bits per heavy atom. The molecule has 0 radical (unpaired) electrons. The summed E-state index contributed by atoms with van der Waals surface area (Å²) >= 11 is 1.62. The highest BCUT2D eigenvalue weighted by molar-refractivity contribution is 7.09. The summed E-state index contributed by atoms with van der Waals surface area (Å²) in [5.41, 5.74) is 8.60. The Balaban J connectivity index is 2.04. The highest BCUT2D eigenvalue weighted by atomic mass is 32.1. The first-order valence-corrected chi connectivity index (χ1v) is 5.93. The lowest BCUT2D eigenvalue weighted by Gasteiger charge is -2.07. The first-order chi connectivity index (χ1) is 7.65. The fraction of sp³-hybridized carbons (Fsp3) is 0.250.